The van der Waals surface area contributed by atoms with Crippen LogP contribution < -0.4 is 10.1 Å². The lowest BCUT2D eigenvalue weighted by Gasteiger charge is -2.09. The van der Waals surface area contributed by atoms with Crippen molar-refractivity contribution >= 4 is 52.5 Å². The first kappa shape index (κ1) is 16.7. The highest BCUT2D eigenvalue weighted by Gasteiger charge is 2.07. The maximum absolute atomic E-state index is 12.0. The molecule has 0 aliphatic heterocycles. The van der Waals surface area contributed by atoms with Gasteiger partial charge in [0.05, 0.1) is 12.8 Å². The van der Waals surface area contributed by atoms with Crippen LogP contribution >= 0.6 is 34.8 Å². The van der Waals surface area contributed by atoms with E-state index in [2.05, 4.69) is 5.32 Å². The zero-order valence-electron chi connectivity index (χ0n) is 11.6. The summed E-state index contributed by atoms with van der Waals surface area (Å²) in [6.07, 6.45) is 2.89. The molecule has 2 aromatic carbocycles. The number of benzene rings is 2. The van der Waals surface area contributed by atoms with Gasteiger partial charge in [-0.1, -0.05) is 40.9 Å². The summed E-state index contributed by atoms with van der Waals surface area (Å²) in [6.45, 7) is 0. The maximum atomic E-state index is 12.0. The number of carbonyl (C=O) groups is 1. The number of halogens is 3. The largest absolute Gasteiger partial charge is 0.495 e. The van der Waals surface area contributed by atoms with Crippen molar-refractivity contribution in [2.24, 2.45) is 0 Å². The molecule has 0 saturated heterocycles. The van der Waals surface area contributed by atoms with E-state index >= 15 is 0 Å². The van der Waals surface area contributed by atoms with Crippen LogP contribution in [0.5, 0.6) is 5.75 Å². The Balaban J connectivity index is 2.17. The minimum absolute atomic E-state index is 0.350. The third-order valence-electron chi connectivity index (χ3n) is 2.82. The van der Waals surface area contributed by atoms with Gasteiger partial charge in [0.2, 0.25) is 5.91 Å². The summed E-state index contributed by atoms with van der Waals surface area (Å²) in [5.41, 5.74) is 1.06. The van der Waals surface area contributed by atoms with Crippen molar-refractivity contribution < 1.29 is 9.53 Å². The summed E-state index contributed by atoms with van der Waals surface area (Å²) in [7, 11) is 1.51. The summed E-state index contributed by atoms with van der Waals surface area (Å²) < 4.78 is 5.16. The fraction of sp³-hybridized carbons (Fsp3) is 0.0625. The molecule has 0 bridgehead atoms. The van der Waals surface area contributed by atoms with Gasteiger partial charge in [-0.05, 0) is 36.4 Å². The normalized spacial score (nSPS) is 10.7. The molecule has 0 aliphatic carbocycles. The van der Waals surface area contributed by atoms with E-state index < -0.39 is 0 Å². The fourth-order valence-electron chi connectivity index (χ4n) is 1.78. The number of carbonyl (C=O) groups excluding carboxylic acids is 1. The summed E-state index contributed by atoms with van der Waals surface area (Å²) in [5, 5.41) is 4.12. The Bertz CT molecular complexity index is 709. The molecule has 1 amide bonds. The van der Waals surface area contributed by atoms with Gasteiger partial charge in [0.15, 0.2) is 0 Å². The second-order valence-corrected chi connectivity index (χ2v) is 5.55. The lowest BCUT2D eigenvalue weighted by molar-refractivity contribution is -0.111. The predicted octanol–water partition coefficient (Wildman–Crippen LogP) is 5.31. The summed E-state index contributed by atoms with van der Waals surface area (Å²) in [6, 6.07) is 10.1. The number of anilines is 1. The monoisotopic (exact) mass is 355 g/mol. The van der Waals surface area contributed by atoms with E-state index in [1.54, 1.807) is 42.5 Å². The highest BCUT2D eigenvalue weighted by atomic mass is 35.5. The van der Waals surface area contributed by atoms with E-state index in [1.807, 2.05) is 0 Å². The van der Waals surface area contributed by atoms with Gasteiger partial charge in [0, 0.05) is 26.7 Å². The highest BCUT2D eigenvalue weighted by Crippen LogP contribution is 2.28. The van der Waals surface area contributed by atoms with Gasteiger partial charge in [-0.15, -0.1) is 0 Å². The Morgan fingerprint density at radius 1 is 1.14 bits per heavy atom. The fourth-order valence-corrected chi connectivity index (χ4v) is 2.48. The molecule has 3 nitrogen and oxygen atoms in total. The van der Waals surface area contributed by atoms with E-state index in [-0.39, 0.29) is 5.91 Å². The van der Waals surface area contributed by atoms with Crippen molar-refractivity contribution in [2.45, 2.75) is 0 Å². The molecule has 6 heteroatoms. The van der Waals surface area contributed by atoms with E-state index in [4.69, 9.17) is 39.5 Å². The molecule has 0 aromatic heterocycles. The van der Waals surface area contributed by atoms with Crippen LogP contribution in [0, 0.1) is 0 Å². The van der Waals surface area contributed by atoms with Crippen LogP contribution in [0.2, 0.25) is 15.1 Å². The number of ether oxygens (including phenoxy) is 1. The van der Waals surface area contributed by atoms with Crippen molar-refractivity contribution in [3.05, 3.63) is 63.1 Å². The van der Waals surface area contributed by atoms with Gasteiger partial charge in [-0.2, -0.15) is 0 Å². The van der Waals surface area contributed by atoms with Crippen LogP contribution in [0.1, 0.15) is 5.56 Å². The lowest BCUT2D eigenvalue weighted by atomic mass is 10.2. The second-order valence-electron chi connectivity index (χ2n) is 4.30. The van der Waals surface area contributed by atoms with Gasteiger partial charge < -0.3 is 10.1 Å². The molecule has 0 fully saturated rings. The van der Waals surface area contributed by atoms with Crippen molar-refractivity contribution in [2.75, 3.05) is 12.4 Å². The number of methoxy groups -OCH3 is 1. The third-order valence-corrected chi connectivity index (χ3v) is 3.71. The van der Waals surface area contributed by atoms with Gasteiger partial charge in [-0.3, -0.25) is 4.79 Å². The number of rotatable bonds is 4. The van der Waals surface area contributed by atoms with Gasteiger partial charge >= 0.3 is 0 Å². The van der Waals surface area contributed by atoms with Gasteiger partial charge in [0.25, 0.3) is 0 Å². The molecular weight excluding hydrogens is 345 g/mol. The van der Waals surface area contributed by atoms with Gasteiger partial charge in [0.1, 0.15) is 5.75 Å². The van der Waals surface area contributed by atoms with Gasteiger partial charge in [-0.25, -0.2) is 0 Å². The zero-order chi connectivity index (χ0) is 16.1. The maximum Gasteiger partial charge on any atom is 0.248 e. The molecule has 0 spiro atoms. The van der Waals surface area contributed by atoms with E-state index in [9.17, 15) is 4.79 Å². The van der Waals surface area contributed by atoms with Crippen LogP contribution in [0.25, 0.3) is 6.08 Å². The van der Waals surface area contributed by atoms with Crippen LogP contribution in [0.3, 0.4) is 0 Å². The van der Waals surface area contributed by atoms with Crippen molar-refractivity contribution in [1.29, 1.82) is 0 Å². The van der Waals surface area contributed by atoms with Crippen LogP contribution in [-0.4, -0.2) is 13.0 Å². The first-order valence-corrected chi connectivity index (χ1v) is 7.41. The number of nitrogens with one attached hydrogen (secondary N) is 1. The average Bonchev–Trinajstić information content (AvgIpc) is 2.47. The molecule has 0 unspecified atom stereocenters. The lowest BCUT2D eigenvalue weighted by Crippen LogP contribution is -2.08. The van der Waals surface area contributed by atoms with Crippen LogP contribution in [-0.2, 0) is 4.79 Å². The molecule has 0 heterocycles. The van der Waals surface area contributed by atoms with Crippen LogP contribution in [0.4, 0.5) is 5.69 Å². The first-order valence-electron chi connectivity index (χ1n) is 6.28. The molecule has 1 N–H and O–H groups in total. The van der Waals surface area contributed by atoms with E-state index in [0.29, 0.717) is 32.1 Å². The predicted molar refractivity (Wildman–Crippen MR) is 92.1 cm³/mol. The Hall–Kier alpha value is -1.68. The summed E-state index contributed by atoms with van der Waals surface area (Å²) >= 11 is 18.0. The van der Waals surface area contributed by atoms with E-state index in [0.717, 1.165) is 0 Å². The minimum atomic E-state index is -0.350. The minimum Gasteiger partial charge on any atom is -0.495 e. The Labute approximate surface area is 143 Å². The quantitative estimate of drug-likeness (QED) is 0.754. The molecule has 2 aromatic rings. The molecule has 22 heavy (non-hydrogen) atoms. The smallest absolute Gasteiger partial charge is 0.248 e. The van der Waals surface area contributed by atoms with Crippen LogP contribution in [0.15, 0.2) is 42.5 Å². The van der Waals surface area contributed by atoms with Crippen molar-refractivity contribution in [1.82, 2.24) is 0 Å². The third kappa shape index (κ3) is 4.17. The molecular formula is C16H12Cl3NO2. The molecule has 0 aliphatic rings. The number of hydrogen-bond acceptors (Lipinski definition) is 2. The Morgan fingerprint density at radius 2 is 1.82 bits per heavy atom. The Kier molecular flexibility index (Phi) is 5.72. The molecule has 2 rings (SSSR count). The number of amides is 1. The highest BCUT2D eigenvalue weighted by molar-refractivity contribution is 6.37. The van der Waals surface area contributed by atoms with Crippen molar-refractivity contribution in [3.63, 3.8) is 0 Å². The topological polar surface area (TPSA) is 38.3 Å². The number of hydrogen-bond donors (Lipinski definition) is 1. The zero-order valence-corrected chi connectivity index (χ0v) is 13.8. The second kappa shape index (κ2) is 7.54. The van der Waals surface area contributed by atoms with E-state index in [1.165, 1.54) is 13.2 Å². The molecule has 114 valence electrons. The molecule has 0 saturated carbocycles. The van der Waals surface area contributed by atoms with Crippen molar-refractivity contribution in [3.8, 4) is 5.75 Å². The summed E-state index contributed by atoms with van der Waals surface area (Å²) in [4.78, 5) is 12.0. The molecule has 0 atom stereocenters. The summed E-state index contributed by atoms with van der Waals surface area (Å²) in [5.74, 6) is 0.165. The molecule has 0 radical (unpaired) electrons. The average molecular weight is 357 g/mol. The first-order chi connectivity index (χ1) is 10.5. The Morgan fingerprint density at radius 3 is 2.45 bits per heavy atom. The standard InChI is InChI=1S/C16H12Cl3NO2/c1-22-15-7-5-10(17)9-14(15)20-16(21)8-6-11-12(18)3-2-4-13(11)19/h2-9H,1H3,(H,20,21)/b8-6-. The SMILES string of the molecule is COc1ccc(Cl)cc1NC(=O)/C=C\c1c(Cl)cccc1Cl.